The first-order valence-corrected chi connectivity index (χ1v) is 6.98. The lowest BCUT2D eigenvalue weighted by atomic mass is 10.2. The lowest BCUT2D eigenvalue weighted by molar-refractivity contribution is 0.0145. The first-order valence-electron chi connectivity index (χ1n) is 6.98. The van der Waals surface area contributed by atoms with Crippen molar-refractivity contribution in [3.63, 3.8) is 0 Å². The molecular formula is C13H26N4O3. The topological polar surface area (TPSA) is 91.4 Å². The molecule has 0 aromatic heterocycles. The number of nitrogens with two attached hydrogens (primary N) is 1. The molecule has 0 spiro atoms. The summed E-state index contributed by atoms with van der Waals surface area (Å²) in [5.74, 6) is 0.261. The average Bonchev–Trinajstić information content (AvgIpc) is 2.37. The van der Waals surface area contributed by atoms with Crippen molar-refractivity contribution in [2.24, 2.45) is 10.9 Å². The number of piperazine rings is 1. The summed E-state index contributed by atoms with van der Waals surface area (Å²) in [6.07, 6.45) is 1.19. The lowest BCUT2D eigenvalue weighted by Crippen LogP contribution is -2.50. The third kappa shape index (κ3) is 6.10. The van der Waals surface area contributed by atoms with E-state index in [0.717, 1.165) is 26.1 Å². The van der Waals surface area contributed by atoms with Crippen molar-refractivity contribution in [3.8, 4) is 0 Å². The molecule has 0 saturated carbocycles. The summed E-state index contributed by atoms with van der Waals surface area (Å²) in [4.78, 5) is 15.9. The number of carbonyl (C=O) groups is 1. The van der Waals surface area contributed by atoms with Crippen molar-refractivity contribution in [2.45, 2.75) is 39.2 Å². The average molecular weight is 286 g/mol. The number of ether oxygens (including phenoxy) is 1. The molecule has 1 fully saturated rings. The number of hydrogen-bond acceptors (Lipinski definition) is 5. The number of nitrogens with zero attached hydrogens (tertiary/aromatic N) is 3. The SMILES string of the molecule is CC(C)(C)OC(=O)N1CCN(CCC/C(N)=N/O)CC1. The Morgan fingerprint density at radius 3 is 2.40 bits per heavy atom. The second kappa shape index (κ2) is 7.33. The van der Waals surface area contributed by atoms with Crippen LogP contribution in [0, 0.1) is 0 Å². The van der Waals surface area contributed by atoms with E-state index in [-0.39, 0.29) is 11.9 Å². The van der Waals surface area contributed by atoms with Crippen LogP contribution in [0.25, 0.3) is 0 Å². The summed E-state index contributed by atoms with van der Waals surface area (Å²) in [5.41, 5.74) is 4.97. The van der Waals surface area contributed by atoms with Crippen LogP contribution in [-0.4, -0.2) is 65.3 Å². The Labute approximate surface area is 120 Å². The van der Waals surface area contributed by atoms with E-state index in [0.29, 0.717) is 19.5 Å². The van der Waals surface area contributed by atoms with Crippen LogP contribution >= 0.6 is 0 Å². The molecule has 3 N–H and O–H groups in total. The Morgan fingerprint density at radius 2 is 1.90 bits per heavy atom. The number of hydrogen-bond donors (Lipinski definition) is 2. The Bertz CT molecular complexity index is 344. The van der Waals surface area contributed by atoms with E-state index in [2.05, 4.69) is 10.1 Å². The van der Waals surface area contributed by atoms with Gasteiger partial charge in [-0.15, -0.1) is 0 Å². The van der Waals surface area contributed by atoms with E-state index in [9.17, 15) is 4.79 Å². The van der Waals surface area contributed by atoms with Gasteiger partial charge in [-0.05, 0) is 33.7 Å². The maximum atomic E-state index is 11.9. The van der Waals surface area contributed by atoms with Gasteiger partial charge in [0.05, 0.1) is 0 Å². The van der Waals surface area contributed by atoms with Gasteiger partial charge in [0.1, 0.15) is 11.4 Å². The smallest absolute Gasteiger partial charge is 0.410 e. The molecule has 1 saturated heterocycles. The minimum atomic E-state index is -0.449. The molecule has 0 bridgehead atoms. The molecular weight excluding hydrogens is 260 g/mol. The van der Waals surface area contributed by atoms with Gasteiger partial charge in [0.15, 0.2) is 0 Å². The Hall–Kier alpha value is -1.50. The minimum absolute atomic E-state index is 0.242. The van der Waals surface area contributed by atoms with E-state index >= 15 is 0 Å². The van der Waals surface area contributed by atoms with Gasteiger partial charge in [-0.1, -0.05) is 5.16 Å². The standard InChI is InChI=1S/C13H26N4O3/c1-13(2,3)20-12(18)17-9-7-16(8-10-17)6-4-5-11(14)15-19/h19H,4-10H2,1-3H3,(H2,14,15). The zero-order valence-electron chi connectivity index (χ0n) is 12.6. The van der Waals surface area contributed by atoms with Crippen LogP contribution in [0.4, 0.5) is 4.79 Å². The summed E-state index contributed by atoms with van der Waals surface area (Å²) in [7, 11) is 0. The van der Waals surface area contributed by atoms with Crippen LogP contribution in [0.3, 0.4) is 0 Å². The van der Waals surface area contributed by atoms with Gasteiger partial charge < -0.3 is 20.6 Å². The molecule has 1 amide bonds. The summed E-state index contributed by atoms with van der Waals surface area (Å²) in [6, 6.07) is 0. The number of carbonyl (C=O) groups excluding carboxylic acids is 1. The van der Waals surface area contributed by atoms with Crippen molar-refractivity contribution < 1.29 is 14.7 Å². The van der Waals surface area contributed by atoms with Crippen LogP contribution < -0.4 is 5.73 Å². The largest absolute Gasteiger partial charge is 0.444 e. The highest BCUT2D eigenvalue weighted by Crippen LogP contribution is 2.12. The summed E-state index contributed by atoms with van der Waals surface area (Å²) >= 11 is 0. The van der Waals surface area contributed by atoms with Crippen LogP contribution in [0.1, 0.15) is 33.6 Å². The van der Waals surface area contributed by atoms with Crippen molar-refractivity contribution in [3.05, 3.63) is 0 Å². The summed E-state index contributed by atoms with van der Waals surface area (Å²) in [6.45, 7) is 9.51. The van der Waals surface area contributed by atoms with Crippen LogP contribution in [0.15, 0.2) is 5.16 Å². The normalized spacial score (nSPS) is 18.1. The van der Waals surface area contributed by atoms with Gasteiger partial charge in [-0.2, -0.15) is 0 Å². The van der Waals surface area contributed by atoms with Gasteiger partial charge in [0.2, 0.25) is 0 Å². The Kier molecular flexibility index (Phi) is 6.06. The molecule has 116 valence electrons. The summed E-state index contributed by atoms with van der Waals surface area (Å²) in [5, 5.41) is 11.4. The Balaban J connectivity index is 2.24. The maximum absolute atomic E-state index is 11.9. The van der Waals surface area contributed by atoms with E-state index in [1.165, 1.54) is 0 Å². The number of oxime groups is 1. The van der Waals surface area contributed by atoms with E-state index in [4.69, 9.17) is 15.7 Å². The molecule has 1 heterocycles. The molecule has 1 aliphatic rings. The number of amidine groups is 1. The van der Waals surface area contributed by atoms with Gasteiger partial charge in [-0.25, -0.2) is 4.79 Å². The van der Waals surface area contributed by atoms with Crippen molar-refractivity contribution in [1.82, 2.24) is 9.80 Å². The fourth-order valence-corrected chi connectivity index (χ4v) is 2.01. The molecule has 1 rings (SSSR count). The molecule has 7 heteroatoms. The molecule has 0 aliphatic carbocycles. The van der Waals surface area contributed by atoms with E-state index < -0.39 is 5.60 Å². The molecule has 20 heavy (non-hydrogen) atoms. The highest BCUT2D eigenvalue weighted by atomic mass is 16.6. The van der Waals surface area contributed by atoms with Gasteiger partial charge in [0, 0.05) is 32.6 Å². The molecule has 0 unspecified atom stereocenters. The molecule has 0 atom stereocenters. The predicted molar refractivity (Wildman–Crippen MR) is 76.9 cm³/mol. The highest BCUT2D eigenvalue weighted by molar-refractivity contribution is 5.79. The quantitative estimate of drug-likeness (QED) is 0.349. The van der Waals surface area contributed by atoms with Gasteiger partial charge in [0.25, 0.3) is 0 Å². The fraction of sp³-hybridized carbons (Fsp3) is 0.846. The number of rotatable bonds is 4. The van der Waals surface area contributed by atoms with Crippen LogP contribution in [-0.2, 0) is 4.74 Å². The van der Waals surface area contributed by atoms with E-state index in [1.54, 1.807) is 4.90 Å². The van der Waals surface area contributed by atoms with Crippen molar-refractivity contribution >= 4 is 11.9 Å². The molecule has 0 aromatic rings. The van der Waals surface area contributed by atoms with Crippen molar-refractivity contribution in [1.29, 1.82) is 0 Å². The Morgan fingerprint density at radius 1 is 1.30 bits per heavy atom. The zero-order chi connectivity index (χ0) is 15.2. The number of amides is 1. The molecule has 1 aliphatic heterocycles. The predicted octanol–water partition coefficient (Wildman–Crippen LogP) is 1.07. The first-order chi connectivity index (χ1) is 9.31. The third-order valence-electron chi connectivity index (χ3n) is 3.06. The molecule has 0 radical (unpaired) electrons. The fourth-order valence-electron chi connectivity index (χ4n) is 2.01. The third-order valence-corrected chi connectivity index (χ3v) is 3.06. The van der Waals surface area contributed by atoms with Gasteiger partial charge >= 0.3 is 6.09 Å². The molecule has 7 nitrogen and oxygen atoms in total. The second-order valence-electron chi connectivity index (χ2n) is 6.00. The lowest BCUT2D eigenvalue weighted by Gasteiger charge is -2.35. The monoisotopic (exact) mass is 286 g/mol. The zero-order valence-corrected chi connectivity index (χ0v) is 12.6. The van der Waals surface area contributed by atoms with Gasteiger partial charge in [-0.3, -0.25) is 4.90 Å². The summed E-state index contributed by atoms with van der Waals surface area (Å²) < 4.78 is 5.35. The first kappa shape index (κ1) is 16.6. The van der Waals surface area contributed by atoms with Crippen LogP contribution in [0.2, 0.25) is 0 Å². The maximum Gasteiger partial charge on any atom is 0.410 e. The van der Waals surface area contributed by atoms with Crippen LogP contribution in [0.5, 0.6) is 0 Å². The molecule has 0 aromatic carbocycles. The van der Waals surface area contributed by atoms with Crippen molar-refractivity contribution in [2.75, 3.05) is 32.7 Å². The minimum Gasteiger partial charge on any atom is -0.444 e. The second-order valence-corrected chi connectivity index (χ2v) is 6.00. The van der Waals surface area contributed by atoms with E-state index in [1.807, 2.05) is 20.8 Å². The highest BCUT2D eigenvalue weighted by Gasteiger charge is 2.25.